The second-order valence-corrected chi connectivity index (χ2v) is 10.5. The molecule has 11 heteroatoms. The highest BCUT2D eigenvalue weighted by atomic mass is 35.5. The number of nitrogens with one attached hydrogen (secondary N) is 4. The molecule has 2 aromatic heterocycles. The maximum Gasteiger partial charge on any atom is 0.212 e. The van der Waals surface area contributed by atoms with Gasteiger partial charge >= 0.3 is 0 Å². The monoisotopic (exact) mass is 580 g/mol. The van der Waals surface area contributed by atoms with Crippen LogP contribution in [-0.4, -0.2) is 21.0 Å². The summed E-state index contributed by atoms with van der Waals surface area (Å²) in [5, 5.41) is 28.9. The molecule has 1 aliphatic heterocycles. The molecule has 1 saturated carbocycles. The number of nitrogens with zero attached hydrogens (tertiary/aromatic N) is 5. The average Bonchev–Trinajstić information content (AvgIpc) is 3.75. The smallest absolute Gasteiger partial charge is 0.212 e. The van der Waals surface area contributed by atoms with Crippen LogP contribution in [0.3, 0.4) is 0 Å². The zero-order chi connectivity index (χ0) is 30.0. The number of halogens is 2. The number of benzene rings is 2. The van der Waals surface area contributed by atoms with Crippen molar-refractivity contribution in [3.05, 3.63) is 107 Å². The highest BCUT2D eigenvalue weighted by molar-refractivity contribution is 6.35. The molecule has 1 fully saturated rings. The summed E-state index contributed by atoms with van der Waals surface area (Å²) in [4.78, 5) is 8.25. The van der Waals surface area contributed by atoms with Gasteiger partial charge in [-0.05, 0) is 48.6 Å². The van der Waals surface area contributed by atoms with E-state index in [0.29, 0.717) is 63.0 Å². The molecule has 4 aromatic rings. The fourth-order valence-electron chi connectivity index (χ4n) is 4.93. The molecular weight excluding hydrogens is 553 g/mol. The van der Waals surface area contributed by atoms with E-state index in [9.17, 15) is 16.3 Å². The molecule has 0 bridgehead atoms. The van der Waals surface area contributed by atoms with E-state index < -0.39 is 12.0 Å². The molecule has 0 saturated heterocycles. The molecule has 0 radical (unpaired) electrons. The summed E-state index contributed by atoms with van der Waals surface area (Å²) in [6.07, 6.45) is 7.52. The van der Waals surface area contributed by atoms with Crippen LogP contribution < -0.4 is 21.6 Å². The predicted molar refractivity (Wildman–Crippen MR) is 159 cm³/mol. The van der Waals surface area contributed by atoms with Gasteiger partial charge in [0.05, 0.1) is 47.0 Å². The van der Waals surface area contributed by atoms with Crippen LogP contribution in [0.15, 0.2) is 78.9 Å². The van der Waals surface area contributed by atoms with Gasteiger partial charge in [0.1, 0.15) is 6.07 Å². The third-order valence-corrected chi connectivity index (χ3v) is 7.48. The van der Waals surface area contributed by atoms with E-state index in [-0.39, 0.29) is 6.04 Å². The fraction of sp³-hybridized carbons (Fsp3) is 0.226. The number of pyridine rings is 2. The number of hydrogen-bond donors (Lipinski definition) is 4. The minimum absolute atomic E-state index is 0.262. The van der Waals surface area contributed by atoms with Crippen LogP contribution in [0.2, 0.25) is 5.02 Å². The van der Waals surface area contributed by atoms with E-state index in [4.69, 9.17) is 11.6 Å². The Morgan fingerprint density at radius 3 is 2.64 bits per heavy atom. The minimum Gasteiger partial charge on any atom is -0.377 e. The SMILES string of the molecule is [2H]C(Nc1cc(Cl)c2ncc(C#N)c(N[C@H](CCC#N)c3ccccc3)c2c1)(C1=CN(C2CC2)NN1)c1ccc(F)nc1. The fourth-order valence-corrected chi connectivity index (χ4v) is 5.20. The number of aromatic nitrogens is 2. The van der Waals surface area contributed by atoms with Crippen LogP contribution in [0.25, 0.3) is 10.9 Å². The number of rotatable bonds is 10. The van der Waals surface area contributed by atoms with Crippen molar-refractivity contribution in [3.8, 4) is 12.1 Å². The topological polar surface area (TPSA) is 125 Å². The van der Waals surface area contributed by atoms with Crippen molar-refractivity contribution in [2.45, 2.75) is 43.8 Å². The summed E-state index contributed by atoms with van der Waals surface area (Å²) in [6, 6.07) is 18.7. The van der Waals surface area contributed by atoms with Crippen LogP contribution >= 0.6 is 11.6 Å². The second kappa shape index (κ2) is 11.9. The van der Waals surface area contributed by atoms with Gasteiger partial charge in [0.2, 0.25) is 5.95 Å². The van der Waals surface area contributed by atoms with Crippen LogP contribution in [0, 0.1) is 28.6 Å². The quantitative estimate of drug-likeness (QED) is 0.161. The number of nitriles is 2. The Balaban J connectivity index is 1.44. The summed E-state index contributed by atoms with van der Waals surface area (Å²) in [6.45, 7) is 0. The Morgan fingerprint density at radius 2 is 1.93 bits per heavy atom. The average molecular weight is 581 g/mol. The van der Waals surface area contributed by atoms with Gasteiger partial charge in [0.25, 0.3) is 0 Å². The highest BCUT2D eigenvalue weighted by Crippen LogP contribution is 2.38. The standard InChI is InChI=1S/C31H27ClFN9/c32-25-14-22(38-30(20-8-11-28(33)36-16-20)27-18-42(41-40-27)23-9-10-23)13-24-29(21(15-35)17-37-31(24)25)39-26(7-4-12-34)19-5-2-1-3-6-19/h1-3,5-6,8,11,13-14,16-18,23,26,30,38,40-41H,4,7,9-10H2,(H,37,39)/t26-,30?/m1/s1/i30D. The summed E-state index contributed by atoms with van der Waals surface area (Å²) in [7, 11) is 0. The Bertz CT molecular complexity index is 1770. The first-order chi connectivity index (χ1) is 20.9. The van der Waals surface area contributed by atoms with E-state index in [1.54, 1.807) is 12.1 Å². The predicted octanol–water partition coefficient (Wildman–Crippen LogP) is 6.23. The van der Waals surface area contributed by atoms with Gasteiger partial charge in [0.15, 0.2) is 0 Å². The maximum atomic E-state index is 13.8. The van der Waals surface area contributed by atoms with Crippen LogP contribution in [0.4, 0.5) is 15.8 Å². The van der Waals surface area contributed by atoms with Crippen molar-refractivity contribution in [2.24, 2.45) is 0 Å². The van der Waals surface area contributed by atoms with Gasteiger partial charge in [-0.2, -0.15) is 14.9 Å². The molecule has 210 valence electrons. The minimum atomic E-state index is -1.62. The first-order valence-corrected chi connectivity index (χ1v) is 13.9. The Hall–Kier alpha value is -4.90. The van der Waals surface area contributed by atoms with Crippen molar-refractivity contribution >= 4 is 33.9 Å². The van der Waals surface area contributed by atoms with Gasteiger partial charge in [-0.3, -0.25) is 9.99 Å². The molecule has 6 rings (SSSR count). The van der Waals surface area contributed by atoms with E-state index in [2.05, 4.69) is 43.7 Å². The van der Waals surface area contributed by atoms with Crippen molar-refractivity contribution < 1.29 is 5.76 Å². The normalized spacial score (nSPS) is 16.8. The van der Waals surface area contributed by atoms with Gasteiger partial charge in [-0.15, -0.1) is 5.53 Å². The van der Waals surface area contributed by atoms with Gasteiger partial charge in [0, 0.05) is 42.1 Å². The molecule has 42 heavy (non-hydrogen) atoms. The summed E-state index contributed by atoms with van der Waals surface area (Å²) < 4.78 is 23.4. The first kappa shape index (κ1) is 26.0. The van der Waals surface area contributed by atoms with E-state index in [1.807, 2.05) is 41.5 Å². The summed E-state index contributed by atoms with van der Waals surface area (Å²) in [5.74, 6) is -0.652. The van der Waals surface area contributed by atoms with Crippen molar-refractivity contribution in [2.75, 3.05) is 10.6 Å². The lowest BCUT2D eigenvalue weighted by Gasteiger charge is -2.23. The van der Waals surface area contributed by atoms with Crippen LogP contribution in [0.5, 0.6) is 0 Å². The Labute approximate surface area is 249 Å². The largest absolute Gasteiger partial charge is 0.377 e. The molecule has 0 spiro atoms. The lowest BCUT2D eigenvalue weighted by Crippen LogP contribution is -2.38. The molecule has 1 unspecified atom stereocenters. The molecule has 3 heterocycles. The third-order valence-electron chi connectivity index (χ3n) is 7.19. The zero-order valence-corrected chi connectivity index (χ0v) is 23.2. The first-order valence-electron chi connectivity index (χ1n) is 14.0. The number of hydrazine groups is 2. The Morgan fingerprint density at radius 1 is 1.10 bits per heavy atom. The summed E-state index contributed by atoms with van der Waals surface area (Å²) >= 11 is 6.76. The van der Waals surface area contributed by atoms with Crippen LogP contribution in [0.1, 0.15) is 55.8 Å². The molecular formula is C31H27ClFN9. The molecule has 1 aliphatic carbocycles. The highest BCUT2D eigenvalue weighted by Gasteiger charge is 2.32. The number of fused-ring (bicyclic) bond motifs is 1. The third kappa shape index (κ3) is 5.77. The molecule has 0 amide bonds. The van der Waals surface area contributed by atoms with E-state index >= 15 is 0 Å². The van der Waals surface area contributed by atoms with Crippen molar-refractivity contribution in [1.29, 1.82) is 10.5 Å². The van der Waals surface area contributed by atoms with Gasteiger partial charge < -0.3 is 16.1 Å². The zero-order valence-electron chi connectivity index (χ0n) is 23.4. The van der Waals surface area contributed by atoms with E-state index in [0.717, 1.165) is 18.4 Å². The number of hydrogen-bond acceptors (Lipinski definition) is 9. The molecule has 4 N–H and O–H groups in total. The second-order valence-electron chi connectivity index (χ2n) is 10.1. The van der Waals surface area contributed by atoms with Crippen molar-refractivity contribution in [1.82, 2.24) is 25.9 Å². The number of anilines is 2. The van der Waals surface area contributed by atoms with Crippen molar-refractivity contribution in [3.63, 3.8) is 0 Å². The maximum absolute atomic E-state index is 13.8. The molecule has 9 nitrogen and oxygen atoms in total. The lowest BCUT2D eigenvalue weighted by molar-refractivity contribution is 0.260. The van der Waals surface area contributed by atoms with Gasteiger partial charge in [-0.1, -0.05) is 48.0 Å². The van der Waals surface area contributed by atoms with E-state index in [1.165, 1.54) is 24.5 Å². The molecule has 2 atom stereocenters. The Kier molecular flexibility index (Phi) is 7.38. The molecule has 2 aliphatic rings. The lowest BCUT2D eigenvalue weighted by atomic mass is 10.00. The van der Waals surface area contributed by atoms with Crippen LogP contribution in [-0.2, 0) is 0 Å². The summed E-state index contributed by atoms with van der Waals surface area (Å²) in [5.41, 5.74) is 9.78. The molecule has 2 aromatic carbocycles. The van der Waals surface area contributed by atoms with Gasteiger partial charge in [-0.25, -0.2) is 4.98 Å².